The Morgan fingerprint density at radius 2 is 1.63 bits per heavy atom. The molecule has 0 fully saturated rings. The molecule has 1 aliphatic rings. The standard InChI is InChI=1S/C25H35NO/c1-16(2)19(13-18-9-12-26-27-18)21-15-23-22(14-20(21)17(3)4)24(5,6)10-11-25(23,7)8/h9,12,14-15,17H,10-11,13H2,1-8H3. The van der Waals surface area contributed by atoms with E-state index in [2.05, 4.69) is 72.7 Å². The van der Waals surface area contributed by atoms with Crippen LogP contribution in [-0.4, -0.2) is 5.16 Å². The smallest absolute Gasteiger partial charge is 0.141 e. The maximum atomic E-state index is 5.44. The predicted molar refractivity (Wildman–Crippen MR) is 114 cm³/mol. The van der Waals surface area contributed by atoms with E-state index >= 15 is 0 Å². The molecule has 0 amide bonds. The Balaban J connectivity index is 2.24. The molecule has 0 unspecified atom stereocenters. The fraction of sp³-hybridized carbons (Fsp3) is 0.560. The van der Waals surface area contributed by atoms with Crippen LogP contribution in [0.2, 0.25) is 0 Å². The first kappa shape index (κ1) is 19.9. The third-order valence-electron chi connectivity index (χ3n) is 6.42. The molecular formula is C25H35NO. The van der Waals surface area contributed by atoms with Crippen molar-refractivity contribution < 1.29 is 4.52 Å². The zero-order chi connectivity index (χ0) is 20.0. The van der Waals surface area contributed by atoms with Crippen LogP contribution in [0.15, 0.2) is 34.5 Å². The molecule has 146 valence electrons. The van der Waals surface area contributed by atoms with Crippen molar-refractivity contribution in [3.05, 3.63) is 58.0 Å². The molecule has 0 spiro atoms. The molecule has 0 saturated heterocycles. The van der Waals surface area contributed by atoms with Crippen molar-refractivity contribution in [1.29, 1.82) is 0 Å². The highest BCUT2D eigenvalue weighted by Gasteiger charge is 2.38. The molecule has 1 heterocycles. The van der Waals surface area contributed by atoms with E-state index in [1.165, 1.54) is 40.7 Å². The zero-order valence-corrected chi connectivity index (χ0v) is 18.4. The van der Waals surface area contributed by atoms with E-state index in [0.717, 1.165) is 12.2 Å². The summed E-state index contributed by atoms with van der Waals surface area (Å²) in [6.07, 6.45) is 5.02. The molecule has 0 N–H and O–H groups in total. The summed E-state index contributed by atoms with van der Waals surface area (Å²) in [6, 6.07) is 6.99. The molecule has 0 bridgehead atoms. The molecule has 2 aromatic rings. The second kappa shape index (κ2) is 6.96. The normalized spacial score (nSPS) is 17.7. The average Bonchev–Trinajstić information content (AvgIpc) is 3.09. The average molecular weight is 366 g/mol. The summed E-state index contributed by atoms with van der Waals surface area (Å²) in [5, 5.41) is 3.90. The van der Waals surface area contributed by atoms with Gasteiger partial charge in [-0.2, -0.15) is 0 Å². The predicted octanol–water partition coefficient (Wildman–Crippen LogP) is 7.18. The number of hydrogen-bond acceptors (Lipinski definition) is 2. The van der Waals surface area contributed by atoms with Gasteiger partial charge in [0.1, 0.15) is 5.76 Å². The second-order valence-corrected chi connectivity index (χ2v) is 10.0. The van der Waals surface area contributed by atoms with E-state index < -0.39 is 0 Å². The first-order valence-electron chi connectivity index (χ1n) is 10.3. The number of benzene rings is 1. The molecule has 0 aliphatic heterocycles. The van der Waals surface area contributed by atoms with Crippen molar-refractivity contribution >= 4 is 5.57 Å². The summed E-state index contributed by atoms with van der Waals surface area (Å²) in [6.45, 7) is 18.7. The van der Waals surface area contributed by atoms with Crippen LogP contribution in [0.3, 0.4) is 0 Å². The molecule has 2 heteroatoms. The van der Waals surface area contributed by atoms with Gasteiger partial charge in [0, 0.05) is 12.5 Å². The molecule has 0 atom stereocenters. The third-order valence-corrected chi connectivity index (χ3v) is 6.42. The highest BCUT2D eigenvalue weighted by Crippen LogP contribution is 2.48. The van der Waals surface area contributed by atoms with Crippen LogP contribution in [0.25, 0.3) is 5.57 Å². The van der Waals surface area contributed by atoms with E-state index in [1.54, 1.807) is 11.8 Å². The minimum absolute atomic E-state index is 0.216. The fourth-order valence-corrected chi connectivity index (χ4v) is 4.42. The lowest BCUT2D eigenvalue weighted by molar-refractivity contribution is 0.331. The summed E-state index contributed by atoms with van der Waals surface area (Å²) < 4.78 is 5.44. The summed E-state index contributed by atoms with van der Waals surface area (Å²) in [5.41, 5.74) is 9.09. The summed E-state index contributed by atoms with van der Waals surface area (Å²) >= 11 is 0. The molecule has 27 heavy (non-hydrogen) atoms. The maximum absolute atomic E-state index is 5.44. The molecule has 2 nitrogen and oxygen atoms in total. The van der Waals surface area contributed by atoms with Crippen LogP contribution >= 0.6 is 0 Å². The number of fused-ring (bicyclic) bond motifs is 1. The van der Waals surface area contributed by atoms with Crippen LogP contribution in [0.4, 0.5) is 0 Å². The maximum Gasteiger partial charge on any atom is 0.141 e. The van der Waals surface area contributed by atoms with E-state index in [1.807, 2.05) is 6.07 Å². The van der Waals surface area contributed by atoms with Gasteiger partial charge >= 0.3 is 0 Å². The Labute approximate surface area is 165 Å². The van der Waals surface area contributed by atoms with Crippen molar-refractivity contribution in [1.82, 2.24) is 5.16 Å². The highest BCUT2D eigenvalue weighted by molar-refractivity contribution is 5.74. The van der Waals surface area contributed by atoms with Gasteiger partial charge in [-0.1, -0.05) is 64.4 Å². The third kappa shape index (κ3) is 3.77. The SMILES string of the molecule is CC(C)=C(Cc1ccno1)c1cc2c(cc1C(C)C)C(C)(C)CCC2(C)C. The first-order valence-corrected chi connectivity index (χ1v) is 10.3. The molecule has 0 radical (unpaired) electrons. The van der Waals surface area contributed by atoms with E-state index in [-0.39, 0.29) is 10.8 Å². The van der Waals surface area contributed by atoms with Crippen molar-refractivity contribution in [3.8, 4) is 0 Å². The van der Waals surface area contributed by atoms with Crippen LogP contribution in [0, 0.1) is 0 Å². The van der Waals surface area contributed by atoms with Crippen molar-refractivity contribution in [3.63, 3.8) is 0 Å². The Bertz CT molecular complexity index is 847. The van der Waals surface area contributed by atoms with Crippen molar-refractivity contribution in [2.24, 2.45) is 0 Å². The Hall–Kier alpha value is -1.83. The van der Waals surface area contributed by atoms with E-state index in [0.29, 0.717) is 5.92 Å². The zero-order valence-electron chi connectivity index (χ0n) is 18.4. The Kier molecular flexibility index (Phi) is 5.14. The Morgan fingerprint density at radius 3 is 2.11 bits per heavy atom. The minimum atomic E-state index is 0.216. The molecule has 1 aromatic heterocycles. The molecule has 0 saturated carbocycles. The summed E-state index contributed by atoms with van der Waals surface area (Å²) in [5.74, 6) is 1.41. The largest absolute Gasteiger partial charge is 0.361 e. The summed E-state index contributed by atoms with van der Waals surface area (Å²) in [4.78, 5) is 0. The number of rotatable bonds is 4. The Morgan fingerprint density at radius 1 is 1.04 bits per heavy atom. The van der Waals surface area contributed by atoms with Crippen LogP contribution < -0.4 is 0 Å². The number of aromatic nitrogens is 1. The van der Waals surface area contributed by atoms with Crippen molar-refractivity contribution in [2.45, 2.75) is 91.4 Å². The van der Waals surface area contributed by atoms with Gasteiger partial charge in [0.15, 0.2) is 0 Å². The lowest BCUT2D eigenvalue weighted by Crippen LogP contribution is -2.34. The molecule has 1 aromatic carbocycles. The summed E-state index contributed by atoms with van der Waals surface area (Å²) in [7, 11) is 0. The van der Waals surface area contributed by atoms with Gasteiger partial charge in [0.2, 0.25) is 0 Å². The van der Waals surface area contributed by atoms with Crippen molar-refractivity contribution in [2.75, 3.05) is 0 Å². The molecule has 3 rings (SSSR count). The number of nitrogens with zero attached hydrogens (tertiary/aromatic N) is 1. The lowest BCUT2D eigenvalue weighted by atomic mass is 9.62. The van der Waals surface area contributed by atoms with Gasteiger partial charge < -0.3 is 4.52 Å². The fourth-order valence-electron chi connectivity index (χ4n) is 4.42. The van der Waals surface area contributed by atoms with Gasteiger partial charge in [0.05, 0.1) is 6.20 Å². The van der Waals surface area contributed by atoms with Gasteiger partial charge in [-0.05, 0) is 71.3 Å². The lowest BCUT2D eigenvalue weighted by Gasteiger charge is -2.43. The van der Waals surface area contributed by atoms with Crippen LogP contribution in [-0.2, 0) is 17.3 Å². The van der Waals surface area contributed by atoms with Gasteiger partial charge in [0.25, 0.3) is 0 Å². The monoisotopic (exact) mass is 365 g/mol. The first-order chi connectivity index (χ1) is 12.5. The quantitative estimate of drug-likeness (QED) is 0.573. The van der Waals surface area contributed by atoms with E-state index in [9.17, 15) is 0 Å². The number of hydrogen-bond donors (Lipinski definition) is 0. The van der Waals surface area contributed by atoms with Crippen LogP contribution in [0.1, 0.15) is 102 Å². The van der Waals surface area contributed by atoms with Gasteiger partial charge in [-0.25, -0.2) is 0 Å². The van der Waals surface area contributed by atoms with Gasteiger partial charge in [-0.3, -0.25) is 0 Å². The van der Waals surface area contributed by atoms with Gasteiger partial charge in [-0.15, -0.1) is 0 Å². The second-order valence-electron chi connectivity index (χ2n) is 10.0. The molecule has 1 aliphatic carbocycles. The van der Waals surface area contributed by atoms with Crippen LogP contribution in [0.5, 0.6) is 0 Å². The number of allylic oxidation sites excluding steroid dienone is 2. The minimum Gasteiger partial charge on any atom is -0.361 e. The highest BCUT2D eigenvalue weighted by atomic mass is 16.5. The topological polar surface area (TPSA) is 26.0 Å². The van der Waals surface area contributed by atoms with E-state index in [4.69, 9.17) is 4.52 Å². The molecular weight excluding hydrogens is 330 g/mol.